The summed E-state index contributed by atoms with van der Waals surface area (Å²) < 4.78 is 5.20. The molecule has 4 nitrogen and oxygen atoms in total. The average Bonchev–Trinajstić information content (AvgIpc) is 2.28. The lowest BCUT2D eigenvalue weighted by atomic mass is 10.1. The molecule has 0 radical (unpaired) electrons. The zero-order chi connectivity index (χ0) is 13.1. The molecule has 0 atom stereocenters. The summed E-state index contributed by atoms with van der Waals surface area (Å²) in [6, 6.07) is 7.35. The first-order valence-corrected chi connectivity index (χ1v) is 5.93. The molecule has 0 amide bonds. The van der Waals surface area contributed by atoms with Crippen LogP contribution in [-0.2, 0) is 6.54 Å². The quantitative estimate of drug-likeness (QED) is 0.832. The number of likely N-dealkylation sites (N-methyl/N-ethyl adjacent to an activating group) is 1. The van der Waals surface area contributed by atoms with Crippen molar-refractivity contribution >= 4 is 11.0 Å². The van der Waals surface area contributed by atoms with E-state index in [1.807, 2.05) is 37.1 Å². The maximum atomic E-state index is 11.5. The van der Waals surface area contributed by atoms with Crippen LogP contribution in [-0.4, -0.2) is 30.2 Å². The molecule has 2 rings (SSSR count). The first-order chi connectivity index (χ1) is 8.60. The fraction of sp³-hybridized carbons (Fsp3) is 0.357. The summed E-state index contributed by atoms with van der Waals surface area (Å²) in [6.07, 6.45) is 0. The van der Waals surface area contributed by atoms with Crippen molar-refractivity contribution in [3.8, 4) is 0 Å². The smallest absolute Gasteiger partial charge is 0.336 e. The molecule has 0 fully saturated rings. The van der Waals surface area contributed by atoms with Crippen LogP contribution in [0, 0.1) is 6.92 Å². The van der Waals surface area contributed by atoms with Gasteiger partial charge in [-0.25, -0.2) is 4.79 Å². The monoisotopic (exact) mass is 247 g/mol. The summed E-state index contributed by atoms with van der Waals surface area (Å²) >= 11 is 0. The summed E-state index contributed by atoms with van der Waals surface area (Å²) in [5, 5.41) is 9.85. The molecule has 1 aromatic heterocycles. The van der Waals surface area contributed by atoms with Gasteiger partial charge in [-0.15, -0.1) is 0 Å². The number of aryl methyl sites for hydroxylation is 1. The summed E-state index contributed by atoms with van der Waals surface area (Å²) in [6.45, 7) is 3.26. The number of fused-ring (bicyclic) bond motifs is 1. The van der Waals surface area contributed by atoms with Crippen molar-refractivity contribution in [2.45, 2.75) is 13.5 Å². The number of rotatable bonds is 4. The van der Waals surface area contributed by atoms with Crippen molar-refractivity contribution in [2.75, 3.05) is 20.2 Å². The number of hydrogen-bond donors (Lipinski definition) is 1. The molecule has 2 aromatic rings. The highest BCUT2D eigenvalue weighted by Gasteiger charge is 2.08. The lowest BCUT2D eigenvalue weighted by molar-refractivity contribution is 0.217. The third-order valence-electron chi connectivity index (χ3n) is 2.91. The van der Waals surface area contributed by atoms with Gasteiger partial charge in [-0.1, -0.05) is 12.1 Å². The van der Waals surface area contributed by atoms with E-state index in [-0.39, 0.29) is 12.2 Å². The summed E-state index contributed by atoms with van der Waals surface area (Å²) in [5.41, 5.74) is 2.28. The molecule has 0 saturated heterocycles. The second kappa shape index (κ2) is 5.33. The molecular weight excluding hydrogens is 230 g/mol. The van der Waals surface area contributed by atoms with Crippen LogP contribution in [0.1, 0.15) is 11.1 Å². The topological polar surface area (TPSA) is 53.7 Å². The lowest BCUT2D eigenvalue weighted by Gasteiger charge is -2.15. The Kier molecular flexibility index (Phi) is 3.79. The van der Waals surface area contributed by atoms with Gasteiger partial charge < -0.3 is 9.52 Å². The Morgan fingerprint density at radius 3 is 2.83 bits per heavy atom. The van der Waals surface area contributed by atoms with Crippen molar-refractivity contribution in [3.63, 3.8) is 0 Å². The molecule has 96 valence electrons. The van der Waals surface area contributed by atoms with E-state index in [2.05, 4.69) is 0 Å². The van der Waals surface area contributed by atoms with E-state index >= 15 is 0 Å². The van der Waals surface area contributed by atoms with Gasteiger partial charge in [-0.3, -0.25) is 4.90 Å². The highest BCUT2D eigenvalue weighted by Crippen LogP contribution is 2.19. The maximum absolute atomic E-state index is 11.5. The number of nitrogens with zero attached hydrogens (tertiary/aromatic N) is 1. The molecule has 0 aliphatic rings. The molecule has 1 N–H and O–H groups in total. The van der Waals surface area contributed by atoms with Gasteiger partial charge >= 0.3 is 5.63 Å². The molecule has 0 spiro atoms. The Bertz CT molecular complexity index is 604. The Morgan fingerprint density at radius 1 is 1.33 bits per heavy atom. The van der Waals surface area contributed by atoms with Gasteiger partial charge in [0, 0.05) is 24.5 Å². The summed E-state index contributed by atoms with van der Waals surface area (Å²) in [4.78, 5) is 13.5. The predicted molar refractivity (Wildman–Crippen MR) is 70.6 cm³/mol. The summed E-state index contributed by atoms with van der Waals surface area (Å²) in [5.74, 6) is 0. The third kappa shape index (κ3) is 2.78. The first kappa shape index (κ1) is 12.8. The normalized spacial score (nSPS) is 11.3. The highest BCUT2D eigenvalue weighted by atomic mass is 16.4. The molecular formula is C14H17NO3. The minimum Gasteiger partial charge on any atom is -0.423 e. The van der Waals surface area contributed by atoms with Crippen LogP contribution < -0.4 is 5.63 Å². The van der Waals surface area contributed by atoms with Gasteiger partial charge in [0.25, 0.3) is 0 Å². The molecule has 0 aliphatic carbocycles. The highest BCUT2D eigenvalue weighted by molar-refractivity contribution is 5.80. The van der Waals surface area contributed by atoms with E-state index < -0.39 is 0 Å². The zero-order valence-electron chi connectivity index (χ0n) is 10.6. The SMILES string of the molecule is Cc1ccc2c(CN(C)CCO)cc(=O)oc2c1. The molecule has 1 aromatic carbocycles. The second-order valence-corrected chi connectivity index (χ2v) is 4.55. The van der Waals surface area contributed by atoms with Gasteiger partial charge in [0.05, 0.1) is 6.61 Å². The Balaban J connectivity index is 2.46. The predicted octanol–water partition coefficient (Wildman–Crippen LogP) is 1.53. The Labute approximate surface area is 105 Å². The molecule has 18 heavy (non-hydrogen) atoms. The fourth-order valence-electron chi connectivity index (χ4n) is 2.01. The van der Waals surface area contributed by atoms with Crippen LogP contribution in [0.4, 0.5) is 0 Å². The van der Waals surface area contributed by atoms with Gasteiger partial charge in [0.2, 0.25) is 0 Å². The van der Waals surface area contributed by atoms with Crippen molar-refractivity contribution in [1.82, 2.24) is 4.90 Å². The van der Waals surface area contributed by atoms with Crippen LogP contribution in [0.5, 0.6) is 0 Å². The van der Waals surface area contributed by atoms with Gasteiger partial charge in [0.1, 0.15) is 5.58 Å². The molecule has 0 unspecified atom stereocenters. The molecule has 0 bridgehead atoms. The van der Waals surface area contributed by atoms with Crippen molar-refractivity contribution in [1.29, 1.82) is 0 Å². The lowest BCUT2D eigenvalue weighted by Crippen LogP contribution is -2.22. The summed E-state index contributed by atoms with van der Waals surface area (Å²) in [7, 11) is 1.91. The maximum Gasteiger partial charge on any atom is 0.336 e. The Morgan fingerprint density at radius 2 is 2.11 bits per heavy atom. The van der Waals surface area contributed by atoms with Crippen LogP contribution in [0.25, 0.3) is 11.0 Å². The van der Waals surface area contributed by atoms with Crippen molar-refractivity contribution in [3.05, 3.63) is 45.8 Å². The van der Waals surface area contributed by atoms with Crippen LogP contribution >= 0.6 is 0 Å². The zero-order valence-corrected chi connectivity index (χ0v) is 10.6. The number of aliphatic hydroxyl groups is 1. The third-order valence-corrected chi connectivity index (χ3v) is 2.91. The molecule has 0 aliphatic heterocycles. The van der Waals surface area contributed by atoms with Gasteiger partial charge in [-0.2, -0.15) is 0 Å². The van der Waals surface area contributed by atoms with Gasteiger partial charge in [-0.05, 0) is 31.2 Å². The van der Waals surface area contributed by atoms with E-state index in [4.69, 9.17) is 9.52 Å². The largest absolute Gasteiger partial charge is 0.423 e. The molecule has 0 saturated carbocycles. The second-order valence-electron chi connectivity index (χ2n) is 4.55. The molecule has 4 heteroatoms. The minimum atomic E-state index is -0.333. The van der Waals surface area contributed by atoms with Crippen LogP contribution in [0.15, 0.2) is 33.5 Å². The fourth-order valence-corrected chi connectivity index (χ4v) is 2.01. The van der Waals surface area contributed by atoms with E-state index in [0.29, 0.717) is 18.7 Å². The van der Waals surface area contributed by atoms with Crippen LogP contribution in [0.2, 0.25) is 0 Å². The van der Waals surface area contributed by atoms with E-state index in [0.717, 1.165) is 16.5 Å². The number of hydrogen-bond acceptors (Lipinski definition) is 4. The van der Waals surface area contributed by atoms with Crippen molar-refractivity contribution < 1.29 is 9.52 Å². The Hall–Kier alpha value is -1.65. The minimum absolute atomic E-state index is 0.106. The average molecular weight is 247 g/mol. The first-order valence-electron chi connectivity index (χ1n) is 5.93. The number of benzene rings is 1. The van der Waals surface area contributed by atoms with Crippen LogP contribution in [0.3, 0.4) is 0 Å². The van der Waals surface area contributed by atoms with E-state index in [1.54, 1.807) is 0 Å². The molecule has 1 heterocycles. The van der Waals surface area contributed by atoms with Crippen molar-refractivity contribution in [2.24, 2.45) is 0 Å². The number of aliphatic hydroxyl groups excluding tert-OH is 1. The van der Waals surface area contributed by atoms with E-state index in [9.17, 15) is 4.79 Å². The van der Waals surface area contributed by atoms with E-state index in [1.165, 1.54) is 6.07 Å². The van der Waals surface area contributed by atoms with Gasteiger partial charge in [0.15, 0.2) is 0 Å². The standard InChI is InChI=1S/C14H17NO3/c1-10-3-4-12-11(9-15(2)5-6-16)8-14(17)18-13(12)7-10/h3-4,7-8,16H,5-6,9H2,1-2H3.